The molecular formula is C12H12S. The van der Waals surface area contributed by atoms with Gasteiger partial charge in [0.25, 0.3) is 0 Å². The van der Waals surface area contributed by atoms with Crippen molar-refractivity contribution in [1.29, 1.82) is 0 Å². The van der Waals surface area contributed by atoms with Crippen LogP contribution in [-0.2, 0) is 0 Å². The molecule has 1 aromatic carbocycles. The van der Waals surface area contributed by atoms with Gasteiger partial charge in [0.2, 0.25) is 0 Å². The molecule has 1 aliphatic carbocycles. The van der Waals surface area contributed by atoms with E-state index in [4.69, 9.17) is 0 Å². The second kappa shape index (κ2) is 2.58. The highest BCUT2D eigenvalue weighted by molar-refractivity contribution is 7.17. The Hall–Kier alpha value is -0.820. The lowest BCUT2D eigenvalue weighted by Crippen LogP contribution is -1.84. The first-order valence-electron chi connectivity index (χ1n) is 4.83. The van der Waals surface area contributed by atoms with Crippen LogP contribution >= 0.6 is 11.3 Å². The number of hydrogen-bond acceptors (Lipinski definition) is 1. The highest BCUT2D eigenvalue weighted by Crippen LogP contribution is 2.45. The molecule has 0 saturated heterocycles. The van der Waals surface area contributed by atoms with E-state index < -0.39 is 0 Å². The summed E-state index contributed by atoms with van der Waals surface area (Å²) in [5.74, 6) is 0.877. The monoisotopic (exact) mass is 188 g/mol. The molecular weight excluding hydrogens is 176 g/mol. The molecule has 1 saturated carbocycles. The minimum Gasteiger partial charge on any atom is -0.144 e. The number of fused-ring (bicyclic) bond motifs is 1. The highest BCUT2D eigenvalue weighted by Gasteiger charge is 2.27. The lowest BCUT2D eigenvalue weighted by molar-refractivity contribution is 1.12. The third-order valence-corrected chi connectivity index (χ3v) is 3.83. The van der Waals surface area contributed by atoms with E-state index in [-0.39, 0.29) is 0 Å². The lowest BCUT2D eigenvalue weighted by Gasteiger charge is -2.04. The molecule has 1 aromatic heterocycles. The summed E-state index contributed by atoms with van der Waals surface area (Å²) in [6.07, 6.45) is 2.80. The van der Waals surface area contributed by atoms with Crippen LogP contribution in [0.1, 0.15) is 29.9 Å². The van der Waals surface area contributed by atoms with Crippen molar-refractivity contribution in [2.24, 2.45) is 0 Å². The van der Waals surface area contributed by atoms with E-state index in [2.05, 4.69) is 30.5 Å². The van der Waals surface area contributed by atoms with E-state index in [0.29, 0.717) is 0 Å². The van der Waals surface area contributed by atoms with Gasteiger partial charge < -0.3 is 0 Å². The van der Waals surface area contributed by atoms with Crippen LogP contribution in [0.5, 0.6) is 0 Å². The first-order valence-corrected chi connectivity index (χ1v) is 5.71. The third-order valence-electron chi connectivity index (χ3n) is 2.86. The Bertz CT molecular complexity index is 449. The van der Waals surface area contributed by atoms with E-state index in [1.807, 2.05) is 11.3 Å². The number of benzene rings is 1. The summed E-state index contributed by atoms with van der Waals surface area (Å²) in [6, 6.07) is 6.74. The maximum absolute atomic E-state index is 2.27. The van der Waals surface area contributed by atoms with Gasteiger partial charge in [-0.3, -0.25) is 0 Å². The summed E-state index contributed by atoms with van der Waals surface area (Å²) in [5, 5.41) is 3.63. The maximum atomic E-state index is 2.27. The van der Waals surface area contributed by atoms with Gasteiger partial charge in [-0.25, -0.2) is 0 Å². The third kappa shape index (κ3) is 1.11. The molecule has 0 bridgehead atoms. The Morgan fingerprint density at radius 2 is 2.08 bits per heavy atom. The molecule has 1 heterocycles. The molecule has 1 fully saturated rings. The van der Waals surface area contributed by atoms with Crippen molar-refractivity contribution in [3.63, 3.8) is 0 Å². The summed E-state index contributed by atoms with van der Waals surface area (Å²) >= 11 is 1.90. The van der Waals surface area contributed by atoms with E-state index >= 15 is 0 Å². The summed E-state index contributed by atoms with van der Waals surface area (Å²) in [6.45, 7) is 2.24. The average Bonchev–Trinajstić information content (AvgIpc) is 2.82. The van der Waals surface area contributed by atoms with E-state index in [0.717, 1.165) is 5.92 Å². The fraction of sp³-hybridized carbons (Fsp3) is 0.333. The normalized spacial score (nSPS) is 16.7. The molecule has 0 unspecified atom stereocenters. The van der Waals surface area contributed by atoms with Gasteiger partial charge in [-0.05, 0) is 53.6 Å². The molecule has 0 spiro atoms. The fourth-order valence-electron chi connectivity index (χ4n) is 2.03. The SMILES string of the molecule is Cc1ccc2ccsc2c1C1CC1. The topological polar surface area (TPSA) is 0 Å². The molecule has 1 heteroatoms. The lowest BCUT2D eigenvalue weighted by atomic mass is 10.0. The molecule has 3 rings (SSSR count). The summed E-state index contributed by atoms with van der Waals surface area (Å²) in [7, 11) is 0. The minimum atomic E-state index is 0.877. The van der Waals surface area contributed by atoms with Crippen LogP contribution in [0.25, 0.3) is 10.1 Å². The molecule has 1 aliphatic rings. The van der Waals surface area contributed by atoms with Gasteiger partial charge in [0, 0.05) is 4.70 Å². The van der Waals surface area contributed by atoms with Crippen molar-refractivity contribution in [1.82, 2.24) is 0 Å². The van der Waals surface area contributed by atoms with Crippen molar-refractivity contribution in [3.8, 4) is 0 Å². The maximum Gasteiger partial charge on any atom is 0.0380 e. The number of aryl methyl sites for hydroxylation is 1. The predicted molar refractivity (Wildman–Crippen MR) is 58.5 cm³/mol. The van der Waals surface area contributed by atoms with Crippen LogP contribution in [0.2, 0.25) is 0 Å². The fourth-order valence-corrected chi connectivity index (χ4v) is 3.11. The molecule has 13 heavy (non-hydrogen) atoms. The van der Waals surface area contributed by atoms with E-state index in [9.17, 15) is 0 Å². The first-order chi connectivity index (χ1) is 6.36. The van der Waals surface area contributed by atoms with Crippen LogP contribution < -0.4 is 0 Å². The molecule has 0 amide bonds. The summed E-state index contributed by atoms with van der Waals surface area (Å²) in [5.41, 5.74) is 3.12. The van der Waals surface area contributed by atoms with Crippen molar-refractivity contribution < 1.29 is 0 Å². The van der Waals surface area contributed by atoms with E-state index in [1.165, 1.54) is 28.5 Å². The van der Waals surface area contributed by atoms with Gasteiger partial charge in [-0.1, -0.05) is 12.1 Å². The van der Waals surface area contributed by atoms with E-state index in [1.54, 1.807) is 5.56 Å². The summed E-state index contributed by atoms with van der Waals surface area (Å²) < 4.78 is 1.53. The van der Waals surface area contributed by atoms with Gasteiger partial charge in [-0.15, -0.1) is 11.3 Å². The average molecular weight is 188 g/mol. The van der Waals surface area contributed by atoms with Crippen LogP contribution in [-0.4, -0.2) is 0 Å². The van der Waals surface area contributed by atoms with Gasteiger partial charge in [0.15, 0.2) is 0 Å². The van der Waals surface area contributed by atoms with Crippen LogP contribution in [0.4, 0.5) is 0 Å². The van der Waals surface area contributed by atoms with Crippen LogP contribution in [0, 0.1) is 6.92 Å². The summed E-state index contributed by atoms with van der Waals surface area (Å²) in [4.78, 5) is 0. The number of hydrogen-bond donors (Lipinski definition) is 0. The number of thiophene rings is 1. The zero-order chi connectivity index (χ0) is 8.84. The van der Waals surface area contributed by atoms with Crippen LogP contribution in [0.3, 0.4) is 0 Å². The van der Waals surface area contributed by atoms with Crippen molar-refractivity contribution in [3.05, 3.63) is 34.7 Å². The molecule has 0 nitrogen and oxygen atoms in total. The quantitative estimate of drug-likeness (QED) is 0.632. The Morgan fingerprint density at radius 3 is 2.85 bits per heavy atom. The smallest absolute Gasteiger partial charge is 0.0380 e. The Balaban J connectivity index is 2.36. The zero-order valence-corrected chi connectivity index (χ0v) is 8.53. The van der Waals surface area contributed by atoms with Gasteiger partial charge >= 0.3 is 0 Å². The molecule has 0 radical (unpaired) electrons. The largest absolute Gasteiger partial charge is 0.144 e. The van der Waals surface area contributed by atoms with Crippen LogP contribution in [0.15, 0.2) is 23.6 Å². The second-order valence-corrected chi connectivity index (χ2v) is 4.83. The Morgan fingerprint density at radius 1 is 1.23 bits per heavy atom. The first kappa shape index (κ1) is 7.57. The zero-order valence-electron chi connectivity index (χ0n) is 7.71. The molecule has 0 atom stereocenters. The van der Waals surface area contributed by atoms with Crippen molar-refractivity contribution in [2.45, 2.75) is 25.7 Å². The van der Waals surface area contributed by atoms with Crippen molar-refractivity contribution >= 4 is 21.4 Å². The molecule has 0 N–H and O–H groups in total. The highest BCUT2D eigenvalue weighted by atomic mass is 32.1. The molecule has 66 valence electrons. The van der Waals surface area contributed by atoms with Crippen molar-refractivity contribution in [2.75, 3.05) is 0 Å². The molecule has 2 aromatic rings. The standard InChI is InChI=1S/C12H12S/c1-8-2-3-10-6-7-13-12(10)11(8)9-4-5-9/h2-3,6-7,9H,4-5H2,1H3. The molecule has 0 aliphatic heterocycles. The predicted octanol–water partition coefficient (Wildman–Crippen LogP) is 4.09. The second-order valence-electron chi connectivity index (χ2n) is 3.91. The number of rotatable bonds is 1. The Kier molecular flexibility index (Phi) is 1.50. The van der Waals surface area contributed by atoms with Gasteiger partial charge in [0.1, 0.15) is 0 Å². The van der Waals surface area contributed by atoms with Gasteiger partial charge in [0.05, 0.1) is 0 Å². The minimum absolute atomic E-state index is 0.877. The van der Waals surface area contributed by atoms with Gasteiger partial charge in [-0.2, -0.15) is 0 Å². The Labute approximate surface area is 82.2 Å².